The van der Waals surface area contributed by atoms with Crippen LogP contribution in [-0.2, 0) is 14.4 Å². The summed E-state index contributed by atoms with van der Waals surface area (Å²) in [6, 6.07) is 14.6. The van der Waals surface area contributed by atoms with Gasteiger partial charge in [-0.2, -0.15) is 0 Å². The van der Waals surface area contributed by atoms with Crippen LogP contribution in [0.3, 0.4) is 0 Å². The first-order valence-electron chi connectivity index (χ1n) is 8.21. The average Bonchev–Trinajstić information content (AvgIpc) is 2.91. The van der Waals surface area contributed by atoms with Crippen molar-refractivity contribution in [2.75, 3.05) is 6.54 Å². The summed E-state index contributed by atoms with van der Waals surface area (Å²) in [6.07, 6.45) is -0.300. The molecule has 2 aromatic rings. The third-order valence-corrected chi connectivity index (χ3v) is 4.87. The van der Waals surface area contributed by atoms with Crippen LogP contribution in [0, 0.1) is 0 Å². The number of hydrogen-bond acceptors (Lipinski definition) is 4. The fourth-order valence-electron chi connectivity index (χ4n) is 3.07. The van der Waals surface area contributed by atoms with Crippen molar-refractivity contribution in [2.45, 2.75) is 12.5 Å². The molecule has 1 unspecified atom stereocenters. The van der Waals surface area contributed by atoms with Crippen LogP contribution in [0.1, 0.15) is 23.6 Å². The molecule has 1 aliphatic heterocycles. The Morgan fingerprint density at radius 2 is 1.63 bits per heavy atom. The summed E-state index contributed by atoms with van der Waals surface area (Å²) in [4.78, 5) is 37.4. The standard InChI is InChI=1S/C20H16BrNO5/c21-14-8-6-12(7-9-14)17-16(18(25)13-4-2-1-3-5-13)19(26)20(27)22(17)11-10-15(23)24/h1-9,17,25H,10-11H2,(H,23,24). The van der Waals surface area contributed by atoms with Gasteiger partial charge in [0.1, 0.15) is 5.76 Å². The third-order valence-electron chi connectivity index (χ3n) is 4.34. The van der Waals surface area contributed by atoms with E-state index in [1.165, 1.54) is 4.90 Å². The number of aliphatic hydroxyl groups excluding tert-OH is 1. The van der Waals surface area contributed by atoms with Crippen molar-refractivity contribution in [1.82, 2.24) is 4.90 Å². The minimum atomic E-state index is -1.07. The number of Topliss-reactive ketones (excluding diaryl/α,β-unsaturated/α-hetero) is 1. The van der Waals surface area contributed by atoms with Crippen LogP contribution in [-0.4, -0.2) is 39.3 Å². The highest BCUT2D eigenvalue weighted by molar-refractivity contribution is 9.10. The van der Waals surface area contributed by atoms with E-state index >= 15 is 0 Å². The van der Waals surface area contributed by atoms with E-state index in [9.17, 15) is 19.5 Å². The Morgan fingerprint density at radius 3 is 2.22 bits per heavy atom. The van der Waals surface area contributed by atoms with Crippen LogP contribution in [0.15, 0.2) is 64.6 Å². The first-order chi connectivity index (χ1) is 12.9. The van der Waals surface area contributed by atoms with Crippen molar-refractivity contribution in [1.29, 1.82) is 0 Å². The molecular weight excluding hydrogens is 414 g/mol. The molecule has 6 nitrogen and oxygen atoms in total. The molecule has 1 aliphatic rings. The van der Waals surface area contributed by atoms with E-state index in [0.29, 0.717) is 11.1 Å². The van der Waals surface area contributed by atoms with Gasteiger partial charge in [-0.3, -0.25) is 14.4 Å². The zero-order valence-corrected chi connectivity index (χ0v) is 15.7. The number of likely N-dealkylation sites (tertiary alicyclic amines) is 1. The second-order valence-electron chi connectivity index (χ2n) is 6.05. The molecule has 0 saturated carbocycles. The highest BCUT2D eigenvalue weighted by Gasteiger charge is 2.45. The lowest BCUT2D eigenvalue weighted by atomic mass is 9.95. The molecule has 1 atom stereocenters. The number of rotatable bonds is 5. The van der Waals surface area contributed by atoms with Crippen molar-refractivity contribution in [3.05, 3.63) is 75.8 Å². The molecule has 3 rings (SSSR count). The van der Waals surface area contributed by atoms with Crippen LogP contribution in [0.5, 0.6) is 0 Å². The zero-order chi connectivity index (χ0) is 19.6. The largest absolute Gasteiger partial charge is 0.507 e. The van der Waals surface area contributed by atoms with Crippen molar-refractivity contribution in [2.24, 2.45) is 0 Å². The quantitative estimate of drug-likeness (QED) is 0.431. The molecule has 1 amide bonds. The lowest BCUT2D eigenvalue weighted by Gasteiger charge is -2.24. The van der Waals surface area contributed by atoms with E-state index in [1.54, 1.807) is 54.6 Å². The number of carbonyl (C=O) groups excluding carboxylic acids is 2. The van der Waals surface area contributed by atoms with E-state index in [0.717, 1.165) is 4.47 Å². The first kappa shape index (κ1) is 18.8. The Bertz CT molecular complexity index is 921. The van der Waals surface area contributed by atoms with Crippen molar-refractivity contribution in [3.63, 3.8) is 0 Å². The van der Waals surface area contributed by atoms with Gasteiger partial charge >= 0.3 is 5.97 Å². The maximum atomic E-state index is 12.7. The predicted octanol–water partition coefficient (Wildman–Crippen LogP) is 3.35. The monoisotopic (exact) mass is 429 g/mol. The Kier molecular flexibility index (Phi) is 5.41. The van der Waals surface area contributed by atoms with E-state index in [1.807, 2.05) is 0 Å². The molecule has 0 bridgehead atoms. The van der Waals surface area contributed by atoms with Gasteiger partial charge in [0, 0.05) is 16.6 Å². The van der Waals surface area contributed by atoms with Gasteiger partial charge in [-0.1, -0.05) is 58.4 Å². The molecule has 1 fully saturated rings. The number of carboxylic acids is 1. The van der Waals surface area contributed by atoms with Crippen LogP contribution in [0.2, 0.25) is 0 Å². The number of amides is 1. The highest BCUT2D eigenvalue weighted by Crippen LogP contribution is 2.39. The van der Waals surface area contributed by atoms with Gasteiger partial charge < -0.3 is 15.1 Å². The Balaban J connectivity index is 2.14. The molecule has 0 spiro atoms. The maximum absolute atomic E-state index is 12.7. The topological polar surface area (TPSA) is 94.9 Å². The van der Waals surface area contributed by atoms with E-state index in [2.05, 4.69) is 15.9 Å². The summed E-state index contributed by atoms with van der Waals surface area (Å²) in [6.45, 7) is -0.133. The van der Waals surface area contributed by atoms with Gasteiger partial charge in [0.2, 0.25) is 0 Å². The average molecular weight is 430 g/mol. The number of ketones is 1. The van der Waals surface area contributed by atoms with Crippen LogP contribution < -0.4 is 0 Å². The second-order valence-corrected chi connectivity index (χ2v) is 6.97. The third kappa shape index (κ3) is 3.78. The molecule has 1 heterocycles. The fraction of sp³-hybridized carbons (Fsp3) is 0.150. The summed E-state index contributed by atoms with van der Waals surface area (Å²) >= 11 is 3.34. The summed E-state index contributed by atoms with van der Waals surface area (Å²) in [5.41, 5.74) is 0.982. The van der Waals surface area contributed by atoms with Crippen LogP contribution in [0.25, 0.3) is 5.76 Å². The van der Waals surface area contributed by atoms with Gasteiger partial charge in [0.25, 0.3) is 11.7 Å². The molecule has 138 valence electrons. The lowest BCUT2D eigenvalue weighted by Crippen LogP contribution is -2.31. The number of aliphatic hydroxyl groups is 1. The molecule has 0 radical (unpaired) electrons. The van der Waals surface area contributed by atoms with Crippen LogP contribution in [0.4, 0.5) is 0 Å². The maximum Gasteiger partial charge on any atom is 0.305 e. The van der Waals surface area contributed by atoms with E-state index < -0.39 is 23.7 Å². The number of aliphatic carboxylic acids is 1. The first-order valence-corrected chi connectivity index (χ1v) is 9.00. The smallest absolute Gasteiger partial charge is 0.305 e. The number of benzene rings is 2. The Labute approximate surface area is 163 Å². The molecule has 1 saturated heterocycles. The highest BCUT2D eigenvalue weighted by atomic mass is 79.9. The van der Waals surface area contributed by atoms with Gasteiger partial charge in [-0.15, -0.1) is 0 Å². The number of nitrogens with zero attached hydrogens (tertiary/aromatic N) is 1. The minimum absolute atomic E-state index is 0.0427. The van der Waals surface area contributed by atoms with Gasteiger partial charge in [0.15, 0.2) is 0 Å². The summed E-state index contributed by atoms with van der Waals surface area (Å²) in [5.74, 6) is -2.99. The normalized spacial score (nSPS) is 18.7. The number of carboxylic acid groups (broad SMARTS) is 1. The molecule has 0 aromatic heterocycles. The molecule has 2 aromatic carbocycles. The van der Waals surface area contributed by atoms with Crippen LogP contribution >= 0.6 is 15.9 Å². The summed E-state index contributed by atoms with van der Waals surface area (Å²) < 4.78 is 0.816. The Morgan fingerprint density at radius 1 is 1.00 bits per heavy atom. The molecule has 0 aliphatic carbocycles. The SMILES string of the molecule is O=C(O)CCN1C(=O)C(=O)C(=C(O)c2ccccc2)C1c1ccc(Br)cc1. The van der Waals surface area contributed by atoms with E-state index in [-0.39, 0.29) is 24.3 Å². The second kappa shape index (κ2) is 7.75. The summed E-state index contributed by atoms with van der Waals surface area (Å²) in [5, 5.41) is 19.7. The lowest BCUT2D eigenvalue weighted by molar-refractivity contribution is -0.142. The molecular formula is C20H16BrNO5. The van der Waals surface area contributed by atoms with Crippen molar-refractivity contribution >= 4 is 39.3 Å². The fourth-order valence-corrected chi connectivity index (χ4v) is 3.33. The number of halogens is 1. The molecule has 27 heavy (non-hydrogen) atoms. The van der Waals surface area contributed by atoms with Gasteiger partial charge in [-0.25, -0.2) is 0 Å². The van der Waals surface area contributed by atoms with Crippen molar-refractivity contribution < 1.29 is 24.6 Å². The molecule has 7 heteroatoms. The number of carbonyl (C=O) groups is 3. The van der Waals surface area contributed by atoms with Crippen molar-refractivity contribution in [3.8, 4) is 0 Å². The van der Waals surface area contributed by atoms with Gasteiger partial charge in [-0.05, 0) is 17.7 Å². The summed E-state index contributed by atoms with van der Waals surface area (Å²) in [7, 11) is 0. The molecule has 2 N–H and O–H groups in total. The van der Waals surface area contributed by atoms with E-state index in [4.69, 9.17) is 5.11 Å². The zero-order valence-electron chi connectivity index (χ0n) is 14.1. The Hall–Kier alpha value is -2.93. The van der Waals surface area contributed by atoms with Gasteiger partial charge in [0.05, 0.1) is 18.0 Å². The number of hydrogen-bond donors (Lipinski definition) is 2. The minimum Gasteiger partial charge on any atom is -0.507 e. The predicted molar refractivity (Wildman–Crippen MR) is 102 cm³/mol.